The fourth-order valence-corrected chi connectivity index (χ4v) is 1.19. The molecule has 2 aromatic rings. The summed E-state index contributed by atoms with van der Waals surface area (Å²) in [5.74, 6) is 0. The predicted octanol–water partition coefficient (Wildman–Crippen LogP) is 2.74. The zero-order valence-corrected chi connectivity index (χ0v) is 7.93. The number of hydrogen-bond donors (Lipinski definition) is 0. The minimum atomic E-state index is 0.325. The highest BCUT2D eigenvalue weighted by molar-refractivity contribution is 5.57. The van der Waals surface area contributed by atoms with Gasteiger partial charge in [0, 0.05) is 5.56 Å². The average Bonchev–Trinajstić information content (AvgIpc) is 2.68. The average molecular weight is 189 g/mol. The van der Waals surface area contributed by atoms with E-state index in [0.717, 1.165) is 11.3 Å². The van der Waals surface area contributed by atoms with Crippen molar-refractivity contribution in [2.24, 2.45) is 0 Å². The van der Waals surface area contributed by atoms with E-state index >= 15 is 0 Å². The monoisotopic (exact) mass is 189 g/mol. The van der Waals surface area contributed by atoms with Crippen molar-refractivity contribution in [3.8, 4) is 17.3 Å². The lowest BCUT2D eigenvalue weighted by atomic mass is 10.2. The largest absolute Gasteiger partial charge is 0.450 e. The van der Waals surface area contributed by atoms with E-state index in [-0.39, 0.29) is 0 Å². The Bertz CT molecular complexity index is 395. The van der Waals surface area contributed by atoms with Gasteiger partial charge in [0.05, 0.1) is 6.61 Å². The summed E-state index contributed by atoms with van der Waals surface area (Å²) in [7, 11) is 0. The van der Waals surface area contributed by atoms with Crippen LogP contribution in [-0.2, 0) is 0 Å². The summed E-state index contributed by atoms with van der Waals surface area (Å²) in [4.78, 5) is 4.18. The minimum Gasteiger partial charge on any atom is -0.450 e. The van der Waals surface area contributed by atoms with Crippen molar-refractivity contribution in [3.63, 3.8) is 0 Å². The summed E-state index contributed by atoms with van der Waals surface area (Å²) in [6.07, 6.45) is 1.92. The van der Waals surface area contributed by atoms with Crippen LogP contribution in [0.5, 0.6) is 6.08 Å². The highest BCUT2D eigenvalue weighted by Gasteiger charge is 2.05. The van der Waals surface area contributed by atoms with Crippen molar-refractivity contribution in [3.05, 3.63) is 36.6 Å². The summed E-state index contributed by atoms with van der Waals surface area (Å²) >= 11 is 0. The van der Waals surface area contributed by atoms with E-state index in [1.165, 1.54) is 0 Å². The maximum absolute atomic E-state index is 5.13. The zero-order chi connectivity index (χ0) is 9.80. The number of aromatic nitrogens is 1. The maximum Gasteiger partial charge on any atom is 0.394 e. The first-order valence-corrected chi connectivity index (χ1v) is 4.54. The third-order valence-electron chi connectivity index (χ3n) is 1.82. The van der Waals surface area contributed by atoms with Gasteiger partial charge in [0.2, 0.25) is 0 Å². The topological polar surface area (TPSA) is 35.3 Å². The Hall–Kier alpha value is -1.77. The Morgan fingerprint density at radius 1 is 1.29 bits per heavy atom. The summed E-state index contributed by atoms with van der Waals surface area (Å²) in [6, 6.07) is 9.85. The molecule has 0 atom stereocenters. The van der Waals surface area contributed by atoms with Gasteiger partial charge in [-0.25, -0.2) is 0 Å². The number of oxazole rings is 1. The highest BCUT2D eigenvalue weighted by Crippen LogP contribution is 2.20. The fourth-order valence-electron chi connectivity index (χ4n) is 1.19. The molecule has 0 bridgehead atoms. The molecule has 0 fully saturated rings. The molecule has 0 unspecified atom stereocenters. The van der Waals surface area contributed by atoms with Gasteiger partial charge in [-0.3, -0.25) is 0 Å². The van der Waals surface area contributed by atoms with Crippen molar-refractivity contribution in [1.82, 2.24) is 4.98 Å². The van der Waals surface area contributed by atoms with Crippen LogP contribution in [0.1, 0.15) is 6.92 Å². The summed E-state index contributed by atoms with van der Waals surface area (Å²) < 4.78 is 10.3. The van der Waals surface area contributed by atoms with Gasteiger partial charge in [-0.1, -0.05) is 30.3 Å². The maximum atomic E-state index is 5.13. The molecular formula is C11H11NO2. The normalized spacial score (nSPS) is 10.1. The molecule has 0 radical (unpaired) electrons. The quantitative estimate of drug-likeness (QED) is 0.744. The molecule has 0 aliphatic rings. The summed E-state index contributed by atoms with van der Waals surface area (Å²) in [6.45, 7) is 2.46. The van der Waals surface area contributed by atoms with Gasteiger partial charge < -0.3 is 9.15 Å². The molecule has 1 heterocycles. The molecule has 0 saturated carbocycles. The molecule has 0 saturated heterocycles. The second-order valence-corrected chi connectivity index (χ2v) is 2.80. The van der Waals surface area contributed by atoms with Gasteiger partial charge in [0.25, 0.3) is 0 Å². The molecule has 2 rings (SSSR count). The Morgan fingerprint density at radius 2 is 2.07 bits per heavy atom. The first-order valence-electron chi connectivity index (χ1n) is 4.54. The van der Waals surface area contributed by atoms with Crippen LogP contribution in [0.4, 0.5) is 0 Å². The number of nitrogens with zero attached hydrogens (tertiary/aromatic N) is 1. The third-order valence-corrected chi connectivity index (χ3v) is 1.82. The van der Waals surface area contributed by atoms with Crippen LogP contribution in [0.15, 0.2) is 41.0 Å². The first-order chi connectivity index (χ1) is 6.90. The molecular weight excluding hydrogens is 178 g/mol. The van der Waals surface area contributed by atoms with E-state index in [1.54, 1.807) is 6.26 Å². The van der Waals surface area contributed by atoms with Crippen LogP contribution in [-0.4, -0.2) is 11.6 Å². The van der Waals surface area contributed by atoms with E-state index < -0.39 is 0 Å². The van der Waals surface area contributed by atoms with Crippen molar-refractivity contribution >= 4 is 0 Å². The molecule has 3 heteroatoms. The Balaban J connectivity index is 2.25. The van der Waals surface area contributed by atoms with E-state index in [4.69, 9.17) is 9.15 Å². The lowest BCUT2D eigenvalue weighted by Gasteiger charge is -1.93. The molecule has 0 N–H and O–H groups in total. The van der Waals surface area contributed by atoms with Gasteiger partial charge in [0.15, 0.2) is 0 Å². The van der Waals surface area contributed by atoms with Crippen molar-refractivity contribution < 1.29 is 9.15 Å². The molecule has 72 valence electrons. The predicted molar refractivity (Wildman–Crippen MR) is 53.1 cm³/mol. The molecule has 3 nitrogen and oxygen atoms in total. The lowest BCUT2D eigenvalue weighted by Crippen LogP contribution is -1.90. The number of hydrogen-bond acceptors (Lipinski definition) is 3. The van der Waals surface area contributed by atoms with Gasteiger partial charge in [0.1, 0.15) is 12.0 Å². The number of benzene rings is 1. The molecule has 0 amide bonds. The van der Waals surface area contributed by atoms with E-state index in [0.29, 0.717) is 12.7 Å². The first kappa shape index (κ1) is 8.81. The number of ether oxygens (including phenoxy) is 1. The molecule has 1 aromatic carbocycles. The Labute approximate surface area is 82.3 Å². The van der Waals surface area contributed by atoms with Crippen LogP contribution in [0.25, 0.3) is 11.3 Å². The van der Waals surface area contributed by atoms with Crippen LogP contribution in [0.2, 0.25) is 0 Å². The second kappa shape index (κ2) is 3.96. The van der Waals surface area contributed by atoms with E-state index in [2.05, 4.69) is 4.98 Å². The summed E-state index contributed by atoms with van der Waals surface area (Å²) in [5.41, 5.74) is 1.83. The van der Waals surface area contributed by atoms with Crippen molar-refractivity contribution in [1.29, 1.82) is 0 Å². The second-order valence-electron chi connectivity index (χ2n) is 2.80. The SMILES string of the molecule is CCOc1nc(-c2ccccc2)co1. The van der Waals surface area contributed by atoms with E-state index in [1.807, 2.05) is 37.3 Å². The standard InChI is InChI=1S/C11H11NO2/c1-2-13-11-12-10(8-14-11)9-6-4-3-5-7-9/h3-8H,2H2,1H3. The molecule has 14 heavy (non-hydrogen) atoms. The van der Waals surface area contributed by atoms with Crippen molar-refractivity contribution in [2.75, 3.05) is 6.61 Å². The van der Waals surface area contributed by atoms with Gasteiger partial charge in [-0.05, 0) is 6.92 Å². The highest BCUT2D eigenvalue weighted by atomic mass is 16.6. The Morgan fingerprint density at radius 3 is 2.79 bits per heavy atom. The summed E-state index contributed by atoms with van der Waals surface area (Å²) in [5, 5.41) is 0. The smallest absolute Gasteiger partial charge is 0.394 e. The molecule has 0 spiro atoms. The van der Waals surface area contributed by atoms with E-state index in [9.17, 15) is 0 Å². The number of rotatable bonds is 3. The van der Waals surface area contributed by atoms with Crippen LogP contribution >= 0.6 is 0 Å². The molecule has 0 aliphatic heterocycles. The van der Waals surface area contributed by atoms with Crippen molar-refractivity contribution in [2.45, 2.75) is 6.92 Å². The third kappa shape index (κ3) is 1.76. The van der Waals surface area contributed by atoms with Gasteiger partial charge in [-0.2, -0.15) is 4.98 Å². The van der Waals surface area contributed by atoms with Gasteiger partial charge >= 0.3 is 6.08 Å². The molecule has 1 aromatic heterocycles. The Kier molecular flexibility index (Phi) is 2.49. The van der Waals surface area contributed by atoms with Crippen LogP contribution < -0.4 is 4.74 Å². The van der Waals surface area contributed by atoms with Crippen LogP contribution in [0.3, 0.4) is 0 Å². The fraction of sp³-hybridized carbons (Fsp3) is 0.182. The van der Waals surface area contributed by atoms with Gasteiger partial charge in [-0.15, -0.1) is 0 Å². The lowest BCUT2D eigenvalue weighted by molar-refractivity contribution is 0.244. The van der Waals surface area contributed by atoms with Crippen LogP contribution in [0, 0.1) is 0 Å². The minimum absolute atomic E-state index is 0.325. The zero-order valence-electron chi connectivity index (χ0n) is 7.93. The molecule has 0 aliphatic carbocycles.